The van der Waals surface area contributed by atoms with E-state index in [-0.39, 0.29) is 5.97 Å². The second kappa shape index (κ2) is 15.5. The first-order valence-corrected chi connectivity index (χ1v) is 7.95. The molecular formula is C16H32O3. The lowest BCUT2D eigenvalue weighted by Gasteiger charge is -2.05. The molecule has 0 amide bonds. The lowest BCUT2D eigenvalue weighted by molar-refractivity contribution is -0.143. The van der Waals surface area contributed by atoms with Gasteiger partial charge in [0.2, 0.25) is 0 Å². The second-order valence-corrected chi connectivity index (χ2v) is 5.15. The molecule has 0 heterocycles. The molecule has 19 heavy (non-hydrogen) atoms. The van der Waals surface area contributed by atoms with Crippen LogP contribution in [0.3, 0.4) is 0 Å². The van der Waals surface area contributed by atoms with Gasteiger partial charge in [0.25, 0.3) is 0 Å². The van der Waals surface area contributed by atoms with Crippen LogP contribution in [0.2, 0.25) is 0 Å². The zero-order valence-electron chi connectivity index (χ0n) is 12.9. The molecule has 114 valence electrons. The Morgan fingerprint density at radius 3 is 2.05 bits per heavy atom. The average Bonchev–Trinajstić information content (AvgIpc) is 2.41. The fourth-order valence-electron chi connectivity index (χ4n) is 2.01. The highest BCUT2D eigenvalue weighted by atomic mass is 16.5. The highest BCUT2D eigenvalue weighted by Crippen LogP contribution is 2.07. The smallest absolute Gasteiger partial charge is 0.305 e. The van der Waals surface area contributed by atoms with Gasteiger partial charge in [-0.25, -0.2) is 0 Å². The lowest BCUT2D eigenvalue weighted by Crippen LogP contribution is -2.05. The summed E-state index contributed by atoms with van der Waals surface area (Å²) in [6.45, 7) is 3.66. The predicted octanol–water partition coefficient (Wildman–Crippen LogP) is 4.49. The van der Waals surface area contributed by atoms with E-state index in [2.05, 4.69) is 6.92 Å². The van der Waals surface area contributed by atoms with Crippen LogP contribution in [0, 0.1) is 0 Å². The average molecular weight is 272 g/mol. The molecule has 0 rings (SSSR count). The Morgan fingerprint density at radius 2 is 1.37 bits per heavy atom. The van der Waals surface area contributed by atoms with Crippen molar-refractivity contribution in [3.05, 3.63) is 0 Å². The van der Waals surface area contributed by atoms with Crippen molar-refractivity contribution in [1.82, 2.24) is 0 Å². The van der Waals surface area contributed by atoms with E-state index in [1.165, 1.54) is 38.5 Å². The third-order valence-electron chi connectivity index (χ3n) is 3.24. The predicted molar refractivity (Wildman–Crippen MR) is 79.3 cm³/mol. The van der Waals surface area contributed by atoms with Gasteiger partial charge in [-0.3, -0.25) is 4.79 Å². The molecule has 0 bridgehead atoms. The Balaban J connectivity index is 3.13. The van der Waals surface area contributed by atoms with E-state index in [0.717, 1.165) is 32.3 Å². The number of ether oxygens (including phenoxy) is 2. The first-order valence-electron chi connectivity index (χ1n) is 7.95. The number of methoxy groups -OCH3 is 1. The van der Waals surface area contributed by atoms with E-state index in [1.54, 1.807) is 7.11 Å². The molecule has 0 aliphatic rings. The van der Waals surface area contributed by atoms with E-state index >= 15 is 0 Å². The van der Waals surface area contributed by atoms with Gasteiger partial charge in [-0.1, -0.05) is 51.9 Å². The molecule has 0 saturated carbocycles. The normalized spacial score (nSPS) is 10.6. The molecule has 0 aromatic heterocycles. The Morgan fingerprint density at radius 1 is 0.789 bits per heavy atom. The second-order valence-electron chi connectivity index (χ2n) is 5.15. The molecule has 0 radical (unpaired) electrons. The molecule has 0 aliphatic heterocycles. The van der Waals surface area contributed by atoms with Crippen LogP contribution >= 0.6 is 0 Å². The van der Waals surface area contributed by atoms with Crippen LogP contribution in [0.25, 0.3) is 0 Å². The van der Waals surface area contributed by atoms with Crippen molar-refractivity contribution in [3.63, 3.8) is 0 Å². The number of carbonyl (C=O) groups excluding carboxylic acids is 1. The van der Waals surface area contributed by atoms with E-state index in [9.17, 15) is 4.79 Å². The summed E-state index contributed by atoms with van der Waals surface area (Å²) in [7, 11) is 1.73. The van der Waals surface area contributed by atoms with Crippen molar-refractivity contribution in [3.8, 4) is 0 Å². The monoisotopic (exact) mass is 272 g/mol. The van der Waals surface area contributed by atoms with Crippen LogP contribution < -0.4 is 0 Å². The standard InChI is InChI=1S/C16H32O3/c1-3-4-5-8-12-15-19-16(17)13-10-7-6-9-11-14-18-2/h3-15H2,1-2H3. The number of esters is 1. The van der Waals surface area contributed by atoms with Gasteiger partial charge in [0.1, 0.15) is 0 Å². The van der Waals surface area contributed by atoms with E-state index in [0.29, 0.717) is 13.0 Å². The minimum Gasteiger partial charge on any atom is -0.466 e. The van der Waals surface area contributed by atoms with Crippen LogP contribution in [0.5, 0.6) is 0 Å². The van der Waals surface area contributed by atoms with Crippen molar-refractivity contribution >= 4 is 5.97 Å². The topological polar surface area (TPSA) is 35.5 Å². The molecule has 0 fully saturated rings. The molecule has 0 aliphatic carbocycles. The Hall–Kier alpha value is -0.570. The van der Waals surface area contributed by atoms with Gasteiger partial charge in [-0.2, -0.15) is 0 Å². The van der Waals surface area contributed by atoms with Crippen LogP contribution in [0.15, 0.2) is 0 Å². The van der Waals surface area contributed by atoms with Gasteiger partial charge in [0.05, 0.1) is 6.61 Å². The van der Waals surface area contributed by atoms with Crippen LogP contribution in [0.4, 0.5) is 0 Å². The van der Waals surface area contributed by atoms with Gasteiger partial charge in [0, 0.05) is 20.1 Å². The molecule has 0 spiro atoms. The molecule has 0 aromatic rings. The van der Waals surface area contributed by atoms with Crippen LogP contribution in [-0.4, -0.2) is 26.3 Å². The summed E-state index contributed by atoms with van der Waals surface area (Å²) < 4.78 is 10.2. The van der Waals surface area contributed by atoms with Gasteiger partial charge in [-0.15, -0.1) is 0 Å². The lowest BCUT2D eigenvalue weighted by atomic mass is 10.1. The first-order chi connectivity index (χ1) is 9.31. The Bertz CT molecular complexity index is 192. The van der Waals surface area contributed by atoms with Gasteiger partial charge in [-0.05, 0) is 19.3 Å². The number of hydrogen-bond donors (Lipinski definition) is 0. The summed E-state index contributed by atoms with van der Waals surface area (Å²) in [5, 5.41) is 0. The summed E-state index contributed by atoms with van der Waals surface area (Å²) >= 11 is 0. The molecule has 0 aromatic carbocycles. The summed E-state index contributed by atoms with van der Waals surface area (Å²) in [6, 6.07) is 0. The van der Waals surface area contributed by atoms with Gasteiger partial charge in [0.15, 0.2) is 0 Å². The summed E-state index contributed by atoms with van der Waals surface area (Å²) in [6.07, 6.45) is 12.2. The molecular weight excluding hydrogens is 240 g/mol. The molecule has 0 N–H and O–H groups in total. The van der Waals surface area contributed by atoms with Gasteiger partial charge >= 0.3 is 5.97 Å². The quantitative estimate of drug-likeness (QED) is 0.345. The van der Waals surface area contributed by atoms with Gasteiger partial charge < -0.3 is 9.47 Å². The fourth-order valence-corrected chi connectivity index (χ4v) is 2.01. The summed E-state index contributed by atoms with van der Waals surface area (Å²) in [5.74, 6) is -0.0209. The molecule has 3 nitrogen and oxygen atoms in total. The number of unbranched alkanes of at least 4 members (excludes halogenated alkanes) is 8. The minimum atomic E-state index is -0.0209. The minimum absolute atomic E-state index is 0.0209. The van der Waals surface area contributed by atoms with Crippen molar-refractivity contribution in [2.45, 2.75) is 77.6 Å². The van der Waals surface area contributed by atoms with E-state index < -0.39 is 0 Å². The number of rotatable bonds is 14. The number of hydrogen-bond acceptors (Lipinski definition) is 3. The fraction of sp³-hybridized carbons (Fsp3) is 0.938. The summed E-state index contributed by atoms with van der Waals surface area (Å²) in [5.41, 5.74) is 0. The van der Waals surface area contributed by atoms with Crippen molar-refractivity contribution in [2.24, 2.45) is 0 Å². The maximum Gasteiger partial charge on any atom is 0.305 e. The van der Waals surface area contributed by atoms with E-state index in [4.69, 9.17) is 9.47 Å². The summed E-state index contributed by atoms with van der Waals surface area (Å²) in [4.78, 5) is 11.4. The molecule has 0 unspecified atom stereocenters. The largest absolute Gasteiger partial charge is 0.466 e. The highest BCUT2D eigenvalue weighted by Gasteiger charge is 2.02. The molecule has 0 atom stereocenters. The zero-order valence-corrected chi connectivity index (χ0v) is 12.9. The molecule has 3 heteroatoms. The Labute approximate surface area is 119 Å². The maximum absolute atomic E-state index is 11.4. The van der Waals surface area contributed by atoms with E-state index in [1.807, 2.05) is 0 Å². The van der Waals surface area contributed by atoms with Crippen molar-refractivity contribution in [1.29, 1.82) is 0 Å². The first kappa shape index (κ1) is 18.4. The number of carbonyl (C=O) groups is 1. The Kier molecular flexibility index (Phi) is 15.0. The SMILES string of the molecule is CCCCCCCOC(=O)CCCCCCCOC. The van der Waals surface area contributed by atoms with Crippen molar-refractivity contribution < 1.29 is 14.3 Å². The zero-order chi connectivity index (χ0) is 14.2. The van der Waals surface area contributed by atoms with Crippen molar-refractivity contribution in [2.75, 3.05) is 20.3 Å². The van der Waals surface area contributed by atoms with Crippen LogP contribution in [-0.2, 0) is 14.3 Å². The third-order valence-corrected chi connectivity index (χ3v) is 3.24. The molecule has 0 saturated heterocycles. The third kappa shape index (κ3) is 15.4. The van der Waals surface area contributed by atoms with Crippen LogP contribution in [0.1, 0.15) is 77.6 Å². The maximum atomic E-state index is 11.4. The highest BCUT2D eigenvalue weighted by molar-refractivity contribution is 5.69.